The lowest BCUT2D eigenvalue weighted by Gasteiger charge is -2.29. The van der Waals surface area contributed by atoms with Crippen molar-refractivity contribution in [3.8, 4) is 23.1 Å². The van der Waals surface area contributed by atoms with Gasteiger partial charge in [-0.05, 0) is 24.3 Å². The smallest absolute Gasteiger partial charge is 0.197 e. The summed E-state index contributed by atoms with van der Waals surface area (Å²) in [6, 6.07) is 13.6. The van der Waals surface area contributed by atoms with Crippen LogP contribution in [0.3, 0.4) is 0 Å². The summed E-state index contributed by atoms with van der Waals surface area (Å²) in [4.78, 5) is 14.6. The summed E-state index contributed by atoms with van der Waals surface area (Å²) in [5.41, 5.74) is 2.04. The number of benzene rings is 2. The summed E-state index contributed by atoms with van der Waals surface area (Å²) < 4.78 is 11.3. The fourth-order valence-corrected chi connectivity index (χ4v) is 3.11. The molecule has 1 aliphatic heterocycles. The highest BCUT2D eigenvalue weighted by Crippen LogP contribution is 2.32. The number of fused-ring (bicyclic) bond motifs is 1. The number of nitriles is 1. The summed E-state index contributed by atoms with van der Waals surface area (Å²) in [7, 11) is 0. The lowest BCUT2D eigenvalue weighted by Crippen LogP contribution is -2.36. The molecule has 6 nitrogen and oxygen atoms in total. The van der Waals surface area contributed by atoms with Crippen LogP contribution in [-0.4, -0.2) is 31.4 Å². The van der Waals surface area contributed by atoms with Gasteiger partial charge in [0.15, 0.2) is 5.43 Å². The molecule has 0 atom stereocenters. The maximum Gasteiger partial charge on any atom is 0.197 e. The second-order valence-corrected chi connectivity index (χ2v) is 6.10. The van der Waals surface area contributed by atoms with E-state index < -0.39 is 0 Å². The molecule has 2 heterocycles. The molecule has 0 spiro atoms. The second kappa shape index (κ2) is 6.54. The molecule has 1 saturated heterocycles. The minimum atomic E-state index is -0.309. The minimum absolute atomic E-state index is 0.0934. The van der Waals surface area contributed by atoms with E-state index >= 15 is 0 Å². The number of hydrogen-bond acceptors (Lipinski definition) is 6. The van der Waals surface area contributed by atoms with E-state index in [0.717, 1.165) is 5.69 Å². The Balaban J connectivity index is 1.83. The van der Waals surface area contributed by atoms with Crippen molar-refractivity contribution < 1.29 is 14.3 Å². The number of hydrogen-bond donors (Lipinski definition) is 1. The predicted octanol–water partition coefficient (Wildman–Crippen LogP) is 2.87. The molecule has 2 aromatic carbocycles. The summed E-state index contributed by atoms with van der Waals surface area (Å²) in [6.45, 7) is 2.66. The van der Waals surface area contributed by atoms with Crippen molar-refractivity contribution in [2.24, 2.45) is 0 Å². The third kappa shape index (κ3) is 2.89. The van der Waals surface area contributed by atoms with Crippen molar-refractivity contribution in [2.45, 2.75) is 0 Å². The summed E-state index contributed by atoms with van der Waals surface area (Å²) >= 11 is 0. The molecule has 0 bridgehead atoms. The van der Waals surface area contributed by atoms with Crippen molar-refractivity contribution in [1.82, 2.24) is 0 Å². The first-order valence-electron chi connectivity index (χ1n) is 8.30. The van der Waals surface area contributed by atoms with Gasteiger partial charge in [-0.25, -0.2) is 0 Å². The highest BCUT2D eigenvalue weighted by molar-refractivity contribution is 5.88. The van der Waals surface area contributed by atoms with Gasteiger partial charge < -0.3 is 19.2 Å². The van der Waals surface area contributed by atoms with Gasteiger partial charge in [-0.1, -0.05) is 0 Å². The van der Waals surface area contributed by atoms with E-state index in [1.165, 1.54) is 6.07 Å². The van der Waals surface area contributed by atoms with Crippen LogP contribution in [-0.2, 0) is 4.74 Å². The first-order chi connectivity index (χ1) is 12.7. The third-order valence-electron chi connectivity index (χ3n) is 4.47. The van der Waals surface area contributed by atoms with Gasteiger partial charge in [-0.15, -0.1) is 0 Å². The SMILES string of the molecule is N#Cc1ccc(-c2cc(=O)c3c(O)cc(N4CCOCC4)cc3o2)cc1. The van der Waals surface area contributed by atoms with Gasteiger partial charge in [0.05, 0.1) is 24.8 Å². The Kier molecular flexibility index (Phi) is 4.07. The maximum absolute atomic E-state index is 12.5. The zero-order valence-electron chi connectivity index (χ0n) is 13.9. The first-order valence-corrected chi connectivity index (χ1v) is 8.30. The highest BCUT2D eigenvalue weighted by Gasteiger charge is 2.17. The van der Waals surface area contributed by atoms with E-state index in [1.807, 2.05) is 0 Å². The fraction of sp³-hybridized carbons (Fsp3) is 0.200. The number of nitrogens with zero attached hydrogens (tertiary/aromatic N) is 2. The van der Waals surface area contributed by atoms with Gasteiger partial charge in [0.25, 0.3) is 0 Å². The number of anilines is 1. The van der Waals surface area contributed by atoms with Crippen molar-refractivity contribution in [3.05, 3.63) is 58.3 Å². The molecule has 4 rings (SSSR count). The highest BCUT2D eigenvalue weighted by atomic mass is 16.5. The number of phenols is 1. The van der Waals surface area contributed by atoms with Gasteiger partial charge in [-0.2, -0.15) is 5.26 Å². The molecule has 3 aromatic rings. The van der Waals surface area contributed by atoms with Crippen LogP contribution in [0.1, 0.15) is 5.56 Å². The van der Waals surface area contributed by atoms with Crippen LogP contribution >= 0.6 is 0 Å². The van der Waals surface area contributed by atoms with Crippen LogP contribution in [0.4, 0.5) is 5.69 Å². The molecule has 6 heteroatoms. The van der Waals surface area contributed by atoms with E-state index in [9.17, 15) is 9.90 Å². The number of phenolic OH excluding ortho intramolecular Hbond substituents is 1. The van der Waals surface area contributed by atoms with E-state index in [1.54, 1.807) is 36.4 Å². The lowest BCUT2D eigenvalue weighted by atomic mass is 10.1. The quantitative estimate of drug-likeness (QED) is 0.766. The van der Waals surface area contributed by atoms with Gasteiger partial charge >= 0.3 is 0 Å². The molecule has 0 saturated carbocycles. The number of aromatic hydroxyl groups is 1. The monoisotopic (exact) mass is 348 g/mol. The van der Waals surface area contributed by atoms with Gasteiger partial charge in [0, 0.05) is 42.5 Å². The summed E-state index contributed by atoms with van der Waals surface area (Å²) in [6.07, 6.45) is 0. The Labute approximate surface area is 149 Å². The van der Waals surface area contributed by atoms with E-state index in [2.05, 4.69) is 11.0 Å². The van der Waals surface area contributed by atoms with Crippen molar-refractivity contribution in [1.29, 1.82) is 5.26 Å². The topological polar surface area (TPSA) is 86.7 Å². The third-order valence-corrected chi connectivity index (χ3v) is 4.47. The normalized spacial score (nSPS) is 14.3. The van der Waals surface area contributed by atoms with Crippen molar-refractivity contribution >= 4 is 16.7 Å². The van der Waals surface area contributed by atoms with Crippen molar-refractivity contribution in [3.63, 3.8) is 0 Å². The molecule has 130 valence electrons. The molecule has 1 aliphatic rings. The van der Waals surface area contributed by atoms with Crippen LogP contribution < -0.4 is 10.3 Å². The standard InChI is InChI=1S/C20H16N2O4/c21-12-13-1-3-14(4-2-13)18-11-17(24)20-16(23)9-15(10-19(20)26-18)22-5-7-25-8-6-22/h1-4,9-11,23H,5-8H2. The zero-order chi connectivity index (χ0) is 18.1. The molecule has 0 aliphatic carbocycles. The van der Waals surface area contributed by atoms with Gasteiger partial charge in [0.1, 0.15) is 22.5 Å². The minimum Gasteiger partial charge on any atom is -0.507 e. The summed E-state index contributed by atoms with van der Waals surface area (Å²) in [5.74, 6) is 0.301. The summed E-state index contributed by atoms with van der Waals surface area (Å²) in [5, 5.41) is 19.4. The molecule has 26 heavy (non-hydrogen) atoms. The zero-order valence-corrected chi connectivity index (χ0v) is 13.9. The Bertz CT molecular complexity index is 1060. The van der Waals surface area contributed by atoms with Crippen LogP contribution in [0.15, 0.2) is 51.7 Å². The number of ether oxygens (including phenoxy) is 1. The Morgan fingerprint density at radius 1 is 1.08 bits per heavy atom. The van der Waals surface area contributed by atoms with Crippen molar-refractivity contribution in [2.75, 3.05) is 31.2 Å². The maximum atomic E-state index is 12.5. The fourth-order valence-electron chi connectivity index (χ4n) is 3.11. The molecule has 0 radical (unpaired) electrons. The molecule has 1 N–H and O–H groups in total. The first kappa shape index (κ1) is 16.2. The van der Waals surface area contributed by atoms with Gasteiger partial charge in [-0.3, -0.25) is 4.79 Å². The van der Waals surface area contributed by atoms with Gasteiger partial charge in [0.2, 0.25) is 0 Å². The van der Waals surface area contributed by atoms with E-state index in [0.29, 0.717) is 48.8 Å². The average Bonchev–Trinajstić information content (AvgIpc) is 2.68. The molecule has 1 fully saturated rings. The number of rotatable bonds is 2. The van der Waals surface area contributed by atoms with Crippen LogP contribution in [0, 0.1) is 11.3 Å². The second-order valence-electron chi connectivity index (χ2n) is 6.10. The predicted molar refractivity (Wildman–Crippen MR) is 97.3 cm³/mol. The molecule has 1 aromatic heterocycles. The molecular formula is C20H16N2O4. The Morgan fingerprint density at radius 2 is 1.81 bits per heavy atom. The van der Waals surface area contributed by atoms with Crippen LogP contribution in [0.25, 0.3) is 22.3 Å². The number of morpholine rings is 1. The molecule has 0 unspecified atom stereocenters. The molecule has 0 amide bonds. The molecular weight excluding hydrogens is 332 g/mol. The van der Waals surface area contributed by atoms with E-state index in [4.69, 9.17) is 14.4 Å². The van der Waals surface area contributed by atoms with E-state index in [-0.39, 0.29) is 16.6 Å². The largest absolute Gasteiger partial charge is 0.507 e. The van der Waals surface area contributed by atoms with Crippen LogP contribution in [0.2, 0.25) is 0 Å². The van der Waals surface area contributed by atoms with Crippen LogP contribution in [0.5, 0.6) is 5.75 Å². The Morgan fingerprint density at radius 3 is 2.50 bits per heavy atom. The Hall–Kier alpha value is -3.30. The lowest BCUT2D eigenvalue weighted by molar-refractivity contribution is 0.122. The average molecular weight is 348 g/mol.